The summed E-state index contributed by atoms with van der Waals surface area (Å²) in [7, 11) is -1.88. The van der Waals surface area contributed by atoms with Crippen molar-refractivity contribution >= 4 is 8.32 Å². The summed E-state index contributed by atoms with van der Waals surface area (Å²) >= 11 is 0. The topological polar surface area (TPSA) is 9.23 Å². The quantitative estimate of drug-likeness (QED) is 0.527. The van der Waals surface area contributed by atoms with Crippen LogP contribution in [0, 0.1) is 23.7 Å². The minimum absolute atomic E-state index is 0.180. The minimum atomic E-state index is -1.88. The Kier molecular flexibility index (Phi) is 4.57. The van der Waals surface area contributed by atoms with E-state index in [1.54, 1.807) is 6.08 Å². The zero-order valence-electron chi connectivity index (χ0n) is 14.5. The molecule has 0 amide bonds. The summed E-state index contributed by atoms with van der Waals surface area (Å²) in [6.07, 6.45) is 8.57. The predicted octanol–water partition coefficient (Wildman–Crippen LogP) is 4.99. The van der Waals surface area contributed by atoms with Gasteiger partial charge in [0.2, 0.25) is 0 Å². The molecule has 0 heterocycles. The summed E-state index contributed by atoms with van der Waals surface area (Å²) in [6.45, 7) is 15.2. The van der Waals surface area contributed by atoms with Crippen molar-refractivity contribution in [3.05, 3.63) is 36.0 Å². The van der Waals surface area contributed by atoms with Gasteiger partial charge in [0.15, 0.2) is 8.32 Å². The van der Waals surface area contributed by atoms with Gasteiger partial charge in [-0.2, -0.15) is 0 Å². The standard InChI is InChI=1S/C20H26OSi/c1-7-17-11-8-9-15-20(16-10-12-18(20)14-13-17)21-22(5,6)19(2,3)4/h7,11-12H,1,10,15-16H2,2-6H3/b17-11-. The molecule has 0 aromatic rings. The van der Waals surface area contributed by atoms with E-state index in [2.05, 4.69) is 70.2 Å². The van der Waals surface area contributed by atoms with Gasteiger partial charge in [-0.05, 0) is 31.0 Å². The normalized spacial score (nSPS) is 26.6. The molecule has 1 unspecified atom stereocenters. The van der Waals surface area contributed by atoms with Crippen LogP contribution in [0.4, 0.5) is 0 Å². The maximum absolute atomic E-state index is 6.83. The summed E-state index contributed by atoms with van der Waals surface area (Å²) in [5, 5.41) is 0.180. The van der Waals surface area contributed by atoms with Crippen LogP contribution in [0.1, 0.15) is 40.0 Å². The monoisotopic (exact) mass is 310 g/mol. The second-order valence-electron chi connectivity index (χ2n) is 7.56. The number of allylic oxidation sites excluding steroid dienone is 4. The maximum atomic E-state index is 6.83. The summed E-state index contributed by atoms with van der Waals surface area (Å²) in [5.74, 6) is 12.9. The number of fused-ring (bicyclic) bond motifs is 1. The molecule has 22 heavy (non-hydrogen) atoms. The van der Waals surface area contributed by atoms with Crippen LogP contribution >= 0.6 is 0 Å². The van der Waals surface area contributed by atoms with Crippen molar-refractivity contribution < 1.29 is 4.43 Å². The third kappa shape index (κ3) is 3.30. The van der Waals surface area contributed by atoms with E-state index >= 15 is 0 Å². The molecular weight excluding hydrogens is 284 g/mol. The molecule has 0 aromatic carbocycles. The van der Waals surface area contributed by atoms with Crippen molar-refractivity contribution in [1.82, 2.24) is 0 Å². The van der Waals surface area contributed by atoms with Crippen LogP contribution in [0.3, 0.4) is 0 Å². The van der Waals surface area contributed by atoms with E-state index in [4.69, 9.17) is 4.43 Å². The molecule has 0 aromatic heterocycles. The van der Waals surface area contributed by atoms with E-state index in [1.807, 2.05) is 6.08 Å². The molecule has 2 rings (SSSR count). The van der Waals surface area contributed by atoms with Gasteiger partial charge in [0.1, 0.15) is 5.60 Å². The molecule has 116 valence electrons. The molecule has 0 N–H and O–H groups in total. The molecule has 0 aliphatic heterocycles. The highest BCUT2D eigenvalue weighted by Gasteiger charge is 2.47. The average molecular weight is 311 g/mol. The van der Waals surface area contributed by atoms with Crippen LogP contribution in [0.25, 0.3) is 0 Å². The second-order valence-corrected chi connectivity index (χ2v) is 12.3. The molecule has 0 saturated heterocycles. The van der Waals surface area contributed by atoms with E-state index in [1.165, 1.54) is 0 Å². The molecule has 1 atom stereocenters. The van der Waals surface area contributed by atoms with E-state index in [9.17, 15) is 0 Å². The van der Waals surface area contributed by atoms with E-state index < -0.39 is 8.32 Å². The van der Waals surface area contributed by atoms with Crippen molar-refractivity contribution in [3.8, 4) is 23.7 Å². The predicted molar refractivity (Wildman–Crippen MR) is 96.8 cm³/mol. The Hall–Kier alpha value is -1.48. The summed E-state index contributed by atoms with van der Waals surface area (Å²) < 4.78 is 6.83. The minimum Gasteiger partial charge on any atom is -0.406 e. The zero-order chi connectivity index (χ0) is 16.4. The highest BCUT2D eigenvalue weighted by atomic mass is 28.4. The maximum Gasteiger partial charge on any atom is 0.193 e. The third-order valence-corrected chi connectivity index (χ3v) is 9.42. The lowest BCUT2D eigenvalue weighted by molar-refractivity contribution is 0.0999. The lowest BCUT2D eigenvalue weighted by Crippen LogP contribution is -2.49. The van der Waals surface area contributed by atoms with Crippen molar-refractivity contribution in [2.75, 3.05) is 0 Å². The molecule has 2 heteroatoms. The average Bonchev–Trinajstić information content (AvgIpc) is 2.80. The van der Waals surface area contributed by atoms with Crippen LogP contribution < -0.4 is 0 Å². The highest BCUT2D eigenvalue weighted by molar-refractivity contribution is 6.74. The Morgan fingerprint density at radius 3 is 2.68 bits per heavy atom. The Labute approximate surface area is 136 Å². The van der Waals surface area contributed by atoms with Gasteiger partial charge in [0.25, 0.3) is 0 Å². The van der Waals surface area contributed by atoms with Gasteiger partial charge in [-0.3, -0.25) is 0 Å². The highest BCUT2D eigenvalue weighted by Crippen LogP contribution is 2.45. The van der Waals surface area contributed by atoms with Crippen LogP contribution in [0.15, 0.2) is 36.0 Å². The molecule has 0 radical (unpaired) electrons. The van der Waals surface area contributed by atoms with Crippen molar-refractivity contribution in [3.63, 3.8) is 0 Å². The largest absolute Gasteiger partial charge is 0.406 e. The van der Waals surface area contributed by atoms with Crippen molar-refractivity contribution in [2.24, 2.45) is 0 Å². The van der Waals surface area contributed by atoms with Gasteiger partial charge in [-0.1, -0.05) is 63.2 Å². The SMILES string of the molecule is C=C/C1=C/C#CCC2(O[Si](C)(C)C(C)(C)C)CCC=C2C#C1. The van der Waals surface area contributed by atoms with Crippen molar-refractivity contribution in [1.29, 1.82) is 0 Å². The van der Waals surface area contributed by atoms with Gasteiger partial charge in [0, 0.05) is 23.6 Å². The Morgan fingerprint density at radius 2 is 2.05 bits per heavy atom. The summed E-state index contributed by atoms with van der Waals surface area (Å²) in [6, 6.07) is 0. The van der Waals surface area contributed by atoms with Gasteiger partial charge >= 0.3 is 0 Å². The van der Waals surface area contributed by atoms with Crippen LogP contribution in [-0.2, 0) is 4.43 Å². The first-order chi connectivity index (χ1) is 10.2. The molecule has 2 aliphatic rings. The van der Waals surface area contributed by atoms with E-state index in [-0.39, 0.29) is 10.6 Å². The number of hydrogen-bond donors (Lipinski definition) is 0. The van der Waals surface area contributed by atoms with Gasteiger partial charge < -0.3 is 4.43 Å². The number of hydrogen-bond acceptors (Lipinski definition) is 1. The van der Waals surface area contributed by atoms with Gasteiger partial charge in [-0.15, -0.1) is 0 Å². The molecule has 1 nitrogen and oxygen atoms in total. The van der Waals surface area contributed by atoms with Gasteiger partial charge in [-0.25, -0.2) is 0 Å². The molecular formula is C20H26OSi. The first-order valence-electron chi connectivity index (χ1n) is 7.94. The number of rotatable bonds is 3. The fourth-order valence-electron chi connectivity index (χ4n) is 2.51. The fraction of sp³-hybridized carbons (Fsp3) is 0.500. The first-order valence-corrected chi connectivity index (χ1v) is 10.8. The first kappa shape index (κ1) is 16.9. The molecule has 0 fully saturated rings. The Morgan fingerprint density at radius 1 is 1.32 bits per heavy atom. The summed E-state index contributed by atoms with van der Waals surface area (Å²) in [5.41, 5.74) is 1.68. The third-order valence-electron chi connectivity index (χ3n) is 4.91. The van der Waals surface area contributed by atoms with E-state index in [0.29, 0.717) is 0 Å². The summed E-state index contributed by atoms with van der Waals surface area (Å²) in [4.78, 5) is 0. The molecule has 0 spiro atoms. The van der Waals surface area contributed by atoms with Gasteiger partial charge in [0.05, 0.1) is 0 Å². The van der Waals surface area contributed by atoms with E-state index in [0.717, 1.165) is 30.4 Å². The second kappa shape index (κ2) is 5.96. The van der Waals surface area contributed by atoms with Crippen LogP contribution in [0.2, 0.25) is 18.1 Å². The fourth-order valence-corrected chi connectivity index (χ4v) is 4.08. The Balaban J connectivity index is 2.41. The Bertz CT molecular complexity index is 650. The molecule has 0 bridgehead atoms. The molecule has 2 aliphatic carbocycles. The van der Waals surface area contributed by atoms with Crippen LogP contribution in [0.5, 0.6) is 0 Å². The zero-order valence-corrected chi connectivity index (χ0v) is 15.5. The van der Waals surface area contributed by atoms with Crippen molar-refractivity contribution in [2.45, 2.75) is 63.8 Å². The lowest BCUT2D eigenvalue weighted by Gasteiger charge is -2.44. The molecule has 0 saturated carbocycles. The van der Waals surface area contributed by atoms with Crippen LogP contribution in [-0.4, -0.2) is 13.9 Å². The lowest BCUT2D eigenvalue weighted by atomic mass is 9.92. The smallest absolute Gasteiger partial charge is 0.193 e.